The first kappa shape index (κ1) is 20.2. The fourth-order valence-corrected chi connectivity index (χ4v) is 1.71. The second-order valence-electron chi connectivity index (χ2n) is 6.11. The fraction of sp³-hybridized carbons (Fsp3) is 0.812. The molecule has 2 amide bonds. The molecule has 8 nitrogen and oxygen atoms in total. The van der Waals surface area contributed by atoms with Gasteiger partial charge in [0.2, 0.25) is 5.91 Å². The normalized spacial score (nSPS) is 12.8. The number of alkyl carbamates (subject to hydrolysis) is 1. The highest BCUT2D eigenvalue weighted by Crippen LogP contribution is 2.09. The lowest BCUT2D eigenvalue weighted by Gasteiger charge is -2.23. The van der Waals surface area contributed by atoms with Gasteiger partial charge in [-0.3, -0.25) is 4.79 Å². The summed E-state index contributed by atoms with van der Waals surface area (Å²) in [6, 6.07) is -0.997. The number of carbonyl (C=O) groups is 3. The van der Waals surface area contributed by atoms with Crippen LogP contribution in [-0.4, -0.2) is 68.4 Å². The molecule has 0 aromatic heterocycles. The maximum absolute atomic E-state index is 12.2. The molecule has 0 saturated carbocycles. The SMILES string of the molecule is [2H]CN(CCOCC)C(=O)CC[C@H](NC(=O)OC(C)(C)C)C(=O)OC. The predicted octanol–water partition coefficient (Wildman–Crippen LogP) is 1.33. The van der Waals surface area contributed by atoms with E-state index in [-0.39, 0.29) is 25.8 Å². The van der Waals surface area contributed by atoms with Gasteiger partial charge < -0.3 is 24.4 Å². The van der Waals surface area contributed by atoms with E-state index in [0.717, 1.165) is 0 Å². The minimum absolute atomic E-state index is 0.0133. The zero-order chi connectivity index (χ0) is 19.5. The van der Waals surface area contributed by atoms with Gasteiger partial charge in [-0.25, -0.2) is 9.59 Å². The number of hydrogen-bond acceptors (Lipinski definition) is 6. The van der Waals surface area contributed by atoms with Crippen molar-refractivity contribution in [3.05, 3.63) is 0 Å². The van der Waals surface area contributed by atoms with Gasteiger partial charge in [0.25, 0.3) is 0 Å². The van der Waals surface area contributed by atoms with Crippen LogP contribution in [0.15, 0.2) is 0 Å². The molecule has 0 saturated heterocycles. The molecule has 140 valence electrons. The molecule has 0 unspecified atom stereocenters. The molecular weight excluding hydrogens is 316 g/mol. The summed E-state index contributed by atoms with van der Waals surface area (Å²) in [4.78, 5) is 37.1. The van der Waals surface area contributed by atoms with E-state index in [9.17, 15) is 14.4 Å². The Hall–Kier alpha value is -1.83. The van der Waals surface area contributed by atoms with Crippen LogP contribution in [0.5, 0.6) is 0 Å². The van der Waals surface area contributed by atoms with Crippen molar-refractivity contribution in [1.82, 2.24) is 10.2 Å². The van der Waals surface area contributed by atoms with E-state index < -0.39 is 23.7 Å². The molecule has 0 rings (SSSR count). The summed E-state index contributed by atoms with van der Waals surface area (Å²) < 4.78 is 22.3. The number of nitrogens with zero attached hydrogens (tertiary/aromatic N) is 1. The Morgan fingerprint density at radius 1 is 1.29 bits per heavy atom. The molecule has 0 aliphatic carbocycles. The smallest absolute Gasteiger partial charge is 0.408 e. The van der Waals surface area contributed by atoms with Crippen molar-refractivity contribution >= 4 is 18.0 Å². The van der Waals surface area contributed by atoms with Gasteiger partial charge in [0.1, 0.15) is 11.6 Å². The van der Waals surface area contributed by atoms with Crippen LogP contribution in [-0.2, 0) is 23.8 Å². The number of likely N-dealkylation sites (N-methyl/N-ethyl adjacent to an activating group) is 1. The minimum Gasteiger partial charge on any atom is -0.467 e. The van der Waals surface area contributed by atoms with Crippen LogP contribution in [0.1, 0.15) is 41.9 Å². The third-order valence-electron chi connectivity index (χ3n) is 2.89. The monoisotopic (exact) mass is 347 g/mol. The highest BCUT2D eigenvalue weighted by Gasteiger charge is 2.26. The summed E-state index contributed by atoms with van der Waals surface area (Å²) in [7, 11) is 1.00. The lowest BCUT2D eigenvalue weighted by molar-refractivity contribution is -0.143. The van der Waals surface area contributed by atoms with E-state index in [2.05, 4.69) is 10.1 Å². The zero-order valence-corrected chi connectivity index (χ0v) is 15.2. The number of esters is 1. The average molecular weight is 347 g/mol. The zero-order valence-electron chi connectivity index (χ0n) is 16.2. The molecule has 8 heteroatoms. The third kappa shape index (κ3) is 10.0. The molecule has 0 aliphatic heterocycles. The van der Waals surface area contributed by atoms with Crippen molar-refractivity contribution in [2.45, 2.75) is 52.2 Å². The van der Waals surface area contributed by atoms with Crippen molar-refractivity contribution < 1.29 is 30.0 Å². The van der Waals surface area contributed by atoms with Crippen molar-refractivity contribution in [3.63, 3.8) is 0 Å². The van der Waals surface area contributed by atoms with E-state index >= 15 is 0 Å². The molecule has 0 fully saturated rings. The number of amides is 2. The molecule has 0 bridgehead atoms. The van der Waals surface area contributed by atoms with E-state index in [4.69, 9.17) is 10.8 Å². The standard InChI is InChI=1S/C16H30N2O6/c1-7-23-11-10-18(5)13(19)9-8-12(14(20)22-6)17-15(21)24-16(2,3)4/h12H,7-11H2,1-6H3,(H,17,21)/t12-/m0/s1/i5D. The topological polar surface area (TPSA) is 94.2 Å². The number of hydrogen-bond donors (Lipinski definition) is 1. The summed E-state index contributed by atoms with van der Waals surface area (Å²) in [5.74, 6) is -0.958. The maximum Gasteiger partial charge on any atom is 0.408 e. The summed E-state index contributed by atoms with van der Waals surface area (Å²) in [6.07, 6.45) is -0.722. The Balaban J connectivity index is 4.63. The van der Waals surface area contributed by atoms with Crippen LogP contribution >= 0.6 is 0 Å². The van der Waals surface area contributed by atoms with Gasteiger partial charge in [-0.05, 0) is 34.1 Å². The molecule has 0 spiro atoms. The minimum atomic E-state index is -0.997. The Labute approximate surface area is 145 Å². The van der Waals surface area contributed by atoms with Crippen LogP contribution in [0.25, 0.3) is 0 Å². The van der Waals surface area contributed by atoms with E-state index in [1.54, 1.807) is 20.8 Å². The lowest BCUT2D eigenvalue weighted by Crippen LogP contribution is -2.44. The molecule has 1 atom stereocenters. The predicted molar refractivity (Wildman–Crippen MR) is 88.5 cm³/mol. The number of nitrogens with one attached hydrogen (secondary N) is 1. The largest absolute Gasteiger partial charge is 0.467 e. The lowest BCUT2D eigenvalue weighted by atomic mass is 10.1. The van der Waals surface area contributed by atoms with Gasteiger partial charge in [-0.1, -0.05) is 0 Å². The van der Waals surface area contributed by atoms with E-state index in [1.165, 1.54) is 12.0 Å². The Bertz CT molecular complexity index is 439. The Kier molecular flexibility index (Phi) is 9.14. The quantitative estimate of drug-likeness (QED) is 0.499. The molecular formula is C16H30N2O6. The van der Waals surface area contributed by atoms with Gasteiger partial charge >= 0.3 is 12.1 Å². The molecule has 0 aromatic carbocycles. The van der Waals surface area contributed by atoms with Gasteiger partial charge in [0.05, 0.1) is 13.7 Å². The summed E-state index contributed by atoms with van der Waals surface area (Å²) in [6.45, 7) is 8.13. The summed E-state index contributed by atoms with van der Waals surface area (Å²) in [5, 5.41) is 2.41. The van der Waals surface area contributed by atoms with Gasteiger partial charge in [-0.15, -0.1) is 0 Å². The van der Waals surface area contributed by atoms with Crippen LogP contribution < -0.4 is 5.32 Å². The van der Waals surface area contributed by atoms with Crippen molar-refractivity contribution in [1.29, 1.82) is 0 Å². The molecule has 1 N–H and O–H groups in total. The van der Waals surface area contributed by atoms with Crippen LogP contribution in [0.3, 0.4) is 0 Å². The summed E-state index contributed by atoms with van der Waals surface area (Å²) in [5.41, 5.74) is -0.706. The second-order valence-corrected chi connectivity index (χ2v) is 6.11. The number of methoxy groups -OCH3 is 1. The van der Waals surface area contributed by atoms with Crippen molar-refractivity contribution in [3.8, 4) is 0 Å². The van der Waals surface area contributed by atoms with E-state index in [0.29, 0.717) is 19.8 Å². The molecule has 0 aliphatic rings. The van der Waals surface area contributed by atoms with Crippen molar-refractivity contribution in [2.75, 3.05) is 33.9 Å². The van der Waals surface area contributed by atoms with Crippen molar-refractivity contribution in [2.24, 2.45) is 0 Å². The van der Waals surface area contributed by atoms with Crippen LogP contribution in [0, 0.1) is 0 Å². The molecule has 0 aromatic rings. The fourth-order valence-electron chi connectivity index (χ4n) is 1.71. The second kappa shape index (κ2) is 10.9. The number of carbonyl (C=O) groups excluding carboxylic acids is 3. The first-order valence-electron chi connectivity index (χ1n) is 8.57. The van der Waals surface area contributed by atoms with Crippen LogP contribution in [0.2, 0.25) is 0 Å². The van der Waals surface area contributed by atoms with Gasteiger partial charge in [0, 0.05) is 28.0 Å². The highest BCUT2D eigenvalue weighted by atomic mass is 16.6. The van der Waals surface area contributed by atoms with Crippen LogP contribution in [0.4, 0.5) is 4.79 Å². The first-order chi connectivity index (χ1) is 11.6. The number of rotatable bonds is 9. The summed E-state index contributed by atoms with van der Waals surface area (Å²) >= 11 is 0. The molecule has 0 radical (unpaired) electrons. The molecule has 0 heterocycles. The molecule has 24 heavy (non-hydrogen) atoms. The highest BCUT2D eigenvalue weighted by molar-refractivity contribution is 5.82. The van der Waals surface area contributed by atoms with Gasteiger partial charge in [0.15, 0.2) is 0 Å². The Morgan fingerprint density at radius 3 is 2.46 bits per heavy atom. The maximum atomic E-state index is 12.2. The third-order valence-corrected chi connectivity index (χ3v) is 2.89. The van der Waals surface area contributed by atoms with Gasteiger partial charge in [-0.2, -0.15) is 0 Å². The number of ether oxygens (including phenoxy) is 3. The Morgan fingerprint density at radius 2 is 1.96 bits per heavy atom. The average Bonchev–Trinajstić information content (AvgIpc) is 2.52. The van der Waals surface area contributed by atoms with E-state index in [1.807, 2.05) is 6.92 Å². The first-order valence-corrected chi connectivity index (χ1v) is 7.86.